The molecule has 1 aliphatic carbocycles. The topological polar surface area (TPSA) is 91.3 Å². The van der Waals surface area contributed by atoms with E-state index >= 15 is 0 Å². The summed E-state index contributed by atoms with van der Waals surface area (Å²) in [5.74, 6) is 0.649. The Morgan fingerprint density at radius 1 is 1.12 bits per heavy atom. The van der Waals surface area contributed by atoms with Crippen molar-refractivity contribution >= 4 is 33.9 Å². The number of aromatic nitrogens is 1. The fourth-order valence-corrected chi connectivity index (χ4v) is 6.48. The molecule has 2 fully saturated rings. The molecule has 8 nitrogen and oxygen atoms in total. The summed E-state index contributed by atoms with van der Waals surface area (Å²) in [7, 11) is 0. The van der Waals surface area contributed by atoms with E-state index in [1.54, 1.807) is 6.20 Å². The van der Waals surface area contributed by atoms with Gasteiger partial charge in [0.15, 0.2) is 0 Å². The van der Waals surface area contributed by atoms with E-state index in [0.717, 1.165) is 60.5 Å². The number of rotatable bonds is 8. The summed E-state index contributed by atoms with van der Waals surface area (Å²) in [5, 5.41) is 20.8. The zero-order valence-corrected chi connectivity index (χ0v) is 25.5. The first-order chi connectivity index (χ1) is 20.3. The molecule has 3 aliphatic rings. The quantitative estimate of drug-likeness (QED) is 0.237. The number of nitrogens with zero attached hydrogens (tertiary/aromatic N) is 4. The SMILES string of the molecule is CC(C)(C)N1CCC(N2C=C([C@@H](Nc3cc(Cl)c4ncc(C#N)c(NCC5CCC5)c4c3)c3ccccc3)NN2)CC1. The van der Waals surface area contributed by atoms with Gasteiger partial charge in [-0.05, 0) is 70.1 Å². The van der Waals surface area contributed by atoms with Crippen LogP contribution in [0.15, 0.2) is 60.6 Å². The number of nitriles is 1. The Morgan fingerprint density at radius 3 is 2.55 bits per heavy atom. The highest BCUT2D eigenvalue weighted by atomic mass is 35.5. The van der Waals surface area contributed by atoms with Gasteiger partial charge in [0.2, 0.25) is 0 Å². The van der Waals surface area contributed by atoms with Crippen LogP contribution in [0.4, 0.5) is 11.4 Å². The fraction of sp³-hybridized carbons (Fsp3) is 0.455. The van der Waals surface area contributed by atoms with Crippen molar-refractivity contribution in [3.05, 3.63) is 76.7 Å². The Morgan fingerprint density at radius 2 is 1.88 bits per heavy atom. The largest absolute Gasteiger partial charge is 0.383 e. The van der Waals surface area contributed by atoms with Crippen LogP contribution >= 0.6 is 11.6 Å². The van der Waals surface area contributed by atoms with Gasteiger partial charge < -0.3 is 16.1 Å². The van der Waals surface area contributed by atoms with Gasteiger partial charge in [-0.3, -0.25) is 14.9 Å². The smallest absolute Gasteiger partial charge is 0.103 e. The number of anilines is 2. The third-order valence-electron chi connectivity index (χ3n) is 9.01. The summed E-state index contributed by atoms with van der Waals surface area (Å²) in [5.41, 5.74) is 12.1. The van der Waals surface area contributed by atoms with Gasteiger partial charge in [-0.2, -0.15) is 5.26 Å². The van der Waals surface area contributed by atoms with Crippen LogP contribution in [0.3, 0.4) is 0 Å². The van der Waals surface area contributed by atoms with E-state index in [0.29, 0.717) is 28.1 Å². The molecule has 220 valence electrons. The second-order valence-electron chi connectivity index (χ2n) is 12.8. The van der Waals surface area contributed by atoms with Crippen molar-refractivity contribution in [3.63, 3.8) is 0 Å². The molecule has 6 rings (SSSR count). The van der Waals surface area contributed by atoms with E-state index in [2.05, 4.69) is 99.9 Å². The lowest BCUT2D eigenvalue weighted by Gasteiger charge is -2.42. The van der Waals surface area contributed by atoms with E-state index in [1.165, 1.54) is 19.3 Å². The molecule has 0 amide bonds. The molecule has 1 saturated carbocycles. The van der Waals surface area contributed by atoms with Gasteiger partial charge in [0, 0.05) is 54.7 Å². The van der Waals surface area contributed by atoms with Crippen LogP contribution in [0, 0.1) is 17.2 Å². The Kier molecular flexibility index (Phi) is 8.17. The van der Waals surface area contributed by atoms with Gasteiger partial charge in [0.05, 0.1) is 33.5 Å². The van der Waals surface area contributed by atoms with Crippen molar-refractivity contribution in [1.82, 2.24) is 25.9 Å². The molecule has 2 aromatic carbocycles. The Hall–Kier alpha value is -3.51. The molecule has 2 aliphatic heterocycles. The lowest BCUT2D eigenvalue weighted by atomic mass is 9.85. The van der Waals surface area contributed by atoms with Gasteiger partial charge >= 0.3 is 0 Å². The third-order valence-corrected chi connectivity index (χ3v) is 9.29. The van der Waals surface area contributed by atoms with Crippen LogP contribution in [0.25, 0.3) is 10.9 Å². The maximum absolute atomic E-state index is 9.87. The summed E-state index contributed by atoms with van der Waals surface area (Å²) >= 11 is 6.82. The number of hydrazine groups is 2. The number of hydrogen-bond donors (Lipinski definition) is 4. The molecule has 0 spiro atoms. The summed E-state index contributed by atoms with van der Waals surface area (Å²) in [6, 6.07) is 17.0. The molecule has 4 N–H and O–H groups in total. The Bertz CT molecular complexity index is 1480. The summed E-state index contributed by atoms with van der Waals surface area (Å²) in [4.78, 5) is 7.11. The molecule has 0 radical (unpaired) electrons. The second-order valence-corrected chi connectivity index (χ2v) is 13.2. The predicted molar refractivity (Wildman–Crippen MR) is 171 cm³/mol. The van der Waals surface area contributed by atoms with Crippen molar-refractivity contribution in [2.75, 3.05) is 30.3 Å². The lowest BCUT2D eigenvalue weighted by molar-refractivity contribution is 0.0570. The highest BCUT2D eigenvalue weighted by Crippen LogP contribution is 2.37. The van der Waals surface area contributed by atoms with Crippen molar-refractivity contribution in [1.29, 1.82) is 5.26 Å². The second kappa shape index (κ2) is 12.0. The standard InChI is InChI=1S/C33H41ClN8/c1-33(2,3)41-14-12-26(13-15-41)42-21-29(39-40-42)31(23-10-5-4-6-11-23)38-25-16-27-30(36-19-22-8-7-9-22)24(18-35)20-37-32(27)28(34)17-25/h4-6,10-11,16-17,20-22,26,31,38-40H,7-9,12-15,19H2,1-3H3,(H,36,37)/t31-/m0/s1. The highest BCUT2D eigenvalue weighted by molar-refractivity contribution is 6.35. The minimum atomic E-state index is -0.148. The average Bonchev–Trinajstić information content (AvgIpc) is 3.45. The molecule has 3 heterocycles. The molecule has 42 heavy (non-hydrogen) atoms. The predicted octanol–water partition coefficient (Wildman–Crippen LogP) is 6.55. The fourth-order valence-electron chi connectivity index (χ4n) is 6.22. The van der Waals surface area contributed by atoms with Crippen molar-refractivity contribution in [3.8, 4) is 6.07 Å². The molecular formula is C33H41ClN8. The molecule has 1 saturated heterocycles. The van der Waals surface area contributed by atoms with Gasteiger partial charge in [0.1, 0.15) is 6.07 Å². The molecule has 9 heteroatoms. The van der Waals surface area contributed by atoms with Gasteiger partial charge in [-0.25, -0.2) is 0 Å². The lowest BCUT2D eigenvalue weighted by Crippen LogP contribution is -2.52. The van der Waals surface area contributed by atoms with Crippen molar-refractivity contribution < 1.29 is 0 Å². The van der Waals surface area contributed by atoms with Crippen LogP contribution in [-0.4, -0.2) is 46.1 Å². The monoisotopic (exact) mass is 584 g/mol. The van der Waals surface area contributed by atoms with Crippen LogP contribution in [0.2, 0.25) is 5.02 Å². The minimum absolute atomic E-state index is 0.148. The zero-order chi connectivity index (χ0) is 29.3. The minimum Gasteiger partial charge on any atom is -0.383 e. The number of pyridine rings is 1. The Balaban J connectivity index is 1.28. The van der Waals surface area contributed by atoms with Crippen molar-refractivity contribution in [2.24, 2.45) is 5.92 Å². The van der Waals surface area contributed by atoms with Crippen molar-refractivity contribution in [2.45, 2.75) is 70.5 Å². The number of piperidine rings is 1. The first-order valence-corrected chi connectivity index (χ1v) is 15.5. The first kappa shape index (κ1) is 28.6. The van der Waals surface area contributed by atoms with Gasteiger partial charge in [-0.15, -0.1) is 5.53 Å². The Labute approximate surface area is 254 Å². The molecular weight excluding hydrogens is 544 g/mol. The van der Waals surface area contributed by atoms with Crippen LogP contribution in [0.1, 0.15) is 70.0 Å². The third kappa shape index (κ3) is 6.00. The van der Waals surface area contributed by atoms with E-state index in [-0.39, 0.29) is 11.6 Å². The van der Waals surface area contributed by atoms with E-state index in [4.69, 9.17) is 11.6 Å². The molecule has 0 unspecified atom stereocenters. The normalized spacial score (nSPS) is 19.1. The summed E-state index contributed by atoms with van der Waals surface area (Å²) in [6.45, 7) is 9.90. The van der Waals surface area contributed by atoms with Crippen LogP contribution < -0.4 is 21.6 Å². The summed E-state index contributed by atoms with van der Waals surface area (Å²) in [6.07, 6.45) is 9.76. The van der Waals surface area contributed by atoms with Gasteiger partial charge in [0.25, 0.3) is 0 Å². The summed E-state index contributed by atoms with van der Waals surface area (Å²) < 4.78 is 0. The number of hydrogen-bond acceptors (Lipinski definition) is 8. The number of halogens is 1. The van der Waals surface area contributed by atoms with Crippen LogP contribution in [-0.2, 0) is 0 Å². The maximum Gasteiger partial charge on any atom is 0.103 e. The molecule has 3 aromatic rings. The highest BCUT2D eigenvalue weighted by Gasteiger charge is 2.32. The van der Waals surface area contributed by atoms with E-state index in [1.807, 2.05) is 12.1 Å². The number of benzene rings is 2. The van der Waals surface area contributed by atoms with Crippen LogP contribution in [0.5, 0.6) is 0 Å². The zero-order valence-electron chi connectivity index (χ0n) is 24.8. The van der Waals surface area contributed by atoms with E-state index in [9.17, 15) is 5.26 Å². The average molecular weight is 585 g/mol. The van der Waals surface area contributed by atoms with E-state index < -0.39 is 0 Å². The number of likely N-dealkylation sites (tertiary alicyclic amines) is 1. The first-order valence-electron chi connectivity index (χ1n) is 15.1. The van der Waals surface area contributed by atoms with Gasteiger partial charge in [-0.1, -0.05) is 48.4 Å². The number of nitrogens with one attached hydrogen (secondary N) is 4. The number of fused-ring (bicyclic) bond motifs is 1. The maximum atomic E-state index is 9.87. The molecule has 0 bridgehead atoms. The molecule has 1 aromatic heterocycles. The molecule has 1 atom stereocenters.